The van der Waals surface area contributed by atoms with Gasteiger partial charge in [0.1, 0.15) is 5.75 Å². The summed E-state index contributed by atoms with van der Waals surface area (Å²) in [6.07, 6.45) is 0. The zero-order valence-electron chi connectivity index (χ0n) is 16.6. The number of hydrogen-bond donors (Lipinski definition) is 0. The minimum Gasteiger partial charge on any atom is -0.497 e. The van der Waals surface area contributed by atoms with E-state index in [4.69, 9.17) is 18.9 Å². The van der Waals surface area contributed by atoms with Crippen LogP contribution >= 0.6 is 11.8 Å². The molecule has 0 fully saturated rings. The van der Waals surface area contributed by atoms with E-state index in [9.17, 15) is 0 Å². The van der Waals surface area contributed by atoms with E-state index in [2.05, 4.69) is 16.3 Å². The van der Waals surface area contributed by atoms with E-state index in [1.807, 2.05) is 41.9 Å². The normalized spacial score (nSPS) is 10.6. The van der Waals surface area contributed by atoms with Crippen LogP contribution in [0, 0.1) is 0 Å². The van der Waals surface area contributed by atoms with Gasteiger partial charge in [0.2, 0.25) is 5.75 Å². The zero-order chi connectivity index (χ0) is 20.1. The molecule has 8 heteroatoms. The molecule has 0 aliphatic rings. The van der Waals surface area contributed by atoms with Crippen LogP contribution < -0.4 is 18.9 Å². The van der Waals surface area contributed by atoms with Gasteiger partial charge < -0.3 is 23.5 Å². The van der Waals surface area contributed by atoms with Gasteiger partial charge in [-0.1, -0.05) is 23.9 Å². The van der Waals surface area contributed by atoms with Crippen molar-refractivity contribution in [2.24, 2.45) is 7.05 Å². The third kappa shape index (κ3) is 4.01. The molecule has 1 aromatic heterocycles. The summed E-state index contributed by atoms with van der Waals surface area (Å²) < 4.78 is 23.5. The lowest BCUT2D eigenvalue weighted by Gasteiger charge is -2.14. The molecule has 3 aromatic rings. The van der Waals surface area contributed by atoms with Gasteiger partial charge in [0.05, 0.1) is 28.4 Å². The molecule has 0 radical (unpaired) electrons. The maximum absolute atomic E-state index is 5.44. The Bertz CT molecular complexity index is 933. The first-order valence-electron chi connectivity index (χ1n) is 8.56. The summed E-state index contributed by atoms with van der Waals surface area (Å²) in [6.45, 7) is 0. The van der Waals surface area contributed by atoms with Crippen molar-refractivity contribution < 1.29 is 18.9 Å². The first kappa shape index (κ1) is 19.9. The predicted octanol–water partition coefficient (Wildman–Crippen LogP) is 3.81. The van der Waals surface area contributed by atoms with Gasteiger partial charge >= 0.3 is 0 Å². The number of ether oxygens (including phenoxy) is 4. The Morgan fingerprint density at radius 2 is 1.61 bits per heavy atom. The van der Waals surface area contributed by atoms with E-state index >= 15 is 0 Å². The van der Waals surface area contributed by atoms with Gasteiger partial charge in [0.15, 0.2) is 22.5 Å². The molecule has 0 amide bonds. The summed E-state index contributed by atoms with van der Waals surface area (Å²) >= 11 is 1.61. The molecule has 0 saturated carbocycles. The lowest BCUT2D eigenvalue weighted by Crippen LogP contribution is -1.99. The number of thioether (sulfide) groups is 1. The van der Waals surface area contributed by atoms with E-state index < -0.39 is 0 Å². The van der Waals surface area contributed by atoms with Gasteiger partial charge in [-0.25, -0.2) is 0 Å². The molecule has 3 rings (SSSR count). The molecule has 2 aromatic carbocycles. The van der Waals surface area contributed by atoms with Crippen LogP contribution in [0.4, 0.5) is 0 Å². The van der Waals surface area contributed by atoms with Crippen molar-refractivity contribution in [1.29, 1.82) is 0 Å². The summed E-state index contributed by atoms with van der Waals surface area (Å²) in [5.41, 5.74) is 1.99. The van der Waals surface area contributed by atoms with Crippen molar-refractivity contribution in [2.45, 2.75) is 10.9 Å². The van der Waals surface area contributed by atoms with Crippen LogP contribution in [-0.2, 0) is 12.8 Å². The van der Waals surface area contributed by atoms with E-state index in [0.29, 0.717) is 23.1 Å². The highest BCUT2D eigenvalue weighted by Crippen LogP contribution is 2.41. The predicted molar refractivity (Wildman–Crippen MR) is 109 cm³/mol. The van der Waals surface area contributed by atoms with Crippen LogP contribution in [0.3, 0.4) is 0 Å². The molecule has 148 valence electrons. The maximum Gasteiger partial charge on any atom is 0.203 e. The molecule has 0 bridgehead atoms. The highest BCUT2D eigenvalue weighted by molar-refractivity contribution is 7.98. The van der Waals surface area contributed by atoms with Crippen molar-refractivity contribution in [3.8, 4) is 34.4 Å². The van der Waals surface area contributed by atoms with Crippen LogP contribution in [0.15, 0.2) is 41.6 Å². The summed E-state index contributed by atoms with van der Waals surface area (Å²) in [4.78, 5) is 0. The largest absolute Gasteiger partial charge is 0.497 e. The molecule has 0 spiro atoms. The Labute approximate surface area is 168 Å². The average molecular weight is 401 g/mol. The van der Waals surface area contributed by atoms with Crippen LogP contribution in [0.25, 0.3) is 11.4 Å². The summed E-state index contributed by atoms with van der Waals surface area (Å²) in [5, 5.41) is 9.50. The van der Waals surface area contributed by atoms with Gasteiger partial charge in [-0.05, 0) is 29.8 Å². The Balaban J connectivity index is 1.86. The topological polar surface area (TPSA) is 67.6 Å². The number of rotatable bonds is 8. The molecular weight excluding hydrogens is 378 g/mol. The number of hydrogen-bond acceptors (Lipinski definition) is 7. The standard InChI is InChI=1S/C20H23N3O4S/c1-23-19(14-10-16(25-3)18(27-5)17(11-14)26-4)21-22-20(23)28-12-13-7-6-8-15(9-13)24-2/h6-11H,12H2,1-5H3. The molecule has 0 aliphatic heterocycles. The van der Waals surface area contributed by atoms with Gasteiger partial charge in [0, 0.05) is 18.4 Å². The lowest BCUT2D eigenvalue weighted by molar-refractivity contribution is 0.324. The van der Waals surface area contributed by atoms with Gasteiger partial charge in [0.25, 0.3) is 0 Å². The fourth-order valence-electron chi connectivity index (χ4n) is 2.81. The van der Waals surface area contributed by atoms with Gasteiger partial charge in [-0.15, -0.1) is 10.2 Å². The first-order valence-corrected chi connectivity index (χ1v) is 9.55. The molecule has 7 nitrogen and oxygen atoms in total. The molecule has 1 heterocycles. The number of aromatic nitrogens is 3. The van der Waals surface area contributed by atoms with Crippen LogP contribution in [0.1, 0.15) is 5.56 Å². The van der Waals surface area contributed by atoms with E-state index in [-0.39, 0.29) is 0 Å². The molecule has 0 unspecified atom stereocenters. The molecule has 0 aliphatic carbocycles. The maximum atomic E-state index is 5.44. The van der Waals surface area contributed by atoms with E-state index in [0.717, 1.165) is 27.8 Å². The third-order valence-corrected chi connectivity index (χ3v) is 5.35. The summed E-state index contributed by atoms with van der Waals surface area (Å²) in [5.74, 6) is 4.01. The first-order chi connectivity index (χ1) is 13.6. The second kappa shape index (κ2) is 8.88. The smallest absolute Gasteiger partial charge is 0.203 e. The van der Waals surface area contributed by atoms with Crippen molar-refractivity contribution in [1.82, 2.24) is 14.8 Å². The van der Waals surface area contributed by atoms with E-state index in [1.165, 1.54) is 0 Å². The highest BCUT2D eigenvalue weighted by Gasteiger charge is 2.18. The minimum absolute atomic E-state index is 0.545. The monoisotopic (exact) mass is 401 g/mol. The van der Waals surface area contributed by atoms with Crippen molar-refractivity contribution in [3.63, 3.8) is 0 Å². The number of nitrogens with zero attached hydrogens (tertiary/aromatic N) is 3. The Kier molecular flexibility index (Phi) is 6.30. The van der Waals surface area contributed by atoms with Crippen molar-refractivity contribution >= 4 is 11.8 Å². The third-order valence-electron chi connectivity index (χ3n) is 4.26. The molecule has 28 heavy (non-hydrogen) atoms. The van der Waals surface area contributed by atoms with Crippen LogP contribution in [0.2, 0.25) is 0 Å². The summed E-state index contributed by atoms with van der Waals surface area (Å²) in [7, 11) is 8.36. The fraction of sp³-hybridized carbons (Fsp3) is 0.300. The van der Waals surface area contributed by atoms with Crippen LogP contribution in [0.5, 0.6) is 23.0 Å². The van der Waals surface area contributed by atoms with Gasteiger partial charge in [-0.3, -0.25) is 0 Å². The number of benzene rings is 2. The molecule has 0 N–H and O–H groups in total. The summed E-state index contributed by atoms with van der Waals surface area (Å²) in [6, 6.07) is 11.7. The van der Waals surface area contributed by atoms with Crippen molar-refractivity contribution in [2.75, 3.05) is 28.4 Å². The Morgan fingerprint density at radius 3 is 2.21 bits per heavy atom. The quantitative estimate of drug-likeness (QED) is 0.532. The van der Waals surface area contributed by atoms with Crippen molar-refractivity contribution in [3.05, 3.63) is 42.0 Å². The van der Waals surface area contributed by atoms with Gasteiger partial charge in [-0.2, -0.15) is 0 Å². The fourth-order valence-corrected chi connectivity index (χ4v) is 3.67. The lowest BCUT2D eigenvalue weighted by atomic mass is 10.1. The van der Waals surface area contributed by atoms with E-state index in [1.54, 1.807) is 40.2 Å². The number of methoxy groups -OCH3 is 4. The highest BCUT2D eigenvalue weighted by atomic mass is 32.2. The second-order valence-corrected chi connectivity index (χ2v) is 6.86. The molecule has 0 atom stereocenters. The molecular formula is C20H23N3O4S. The Morgan fingerprint density at radius 1 is 0.893 bits per heavy atom. The SMILES string of the molecule is COc1cccc(CSc2nnc(-c3cc(OC)c(OC)c(OC)c3)n2C)c1. The minimum atomic E-state index is 0.545. The Hall–Kier alpha value is -2.87. The second-order valence-electron chi connectivity index (χ2n) is 5.92. The average Bonchev–Trinajstić information content (AvgIpc) is 3.11. The van der Waals surface area contributed by atoms with Crippen LogP contribution in [-0.4, -0.2) is 43.2 Å². The zero-order valence-corrected chi connectivity index (χ0v) is 17.4. The molecule has 0 saturated heterocycles.